The van der Waals surface area contributed by atoms with E-state index in [0.717, 1.165) is 11.4 Å². The summed E-state index contributed by atoms with van der Waals surface area (Å²) in [6.45, 7) is 1.85. The van der Waals surface area contributed by atoms with Crippen LogP contribution in [-0.2, 0) is 0 Å². The first kappa shape index (κ1) is 18.2. The molecule has 7 nitrogen and oxygen atoms in total. The number of rotatable bonds is 5. The molecule has 0 saturated heterocycles. The number of para-hydroxylation sites is 1. The number of nitrogens with zero attached hydrogens (tertiary/aromatic N) is 2. The minimum Gasteiger partial charge on any atom is -0.459 e. The summed E-state index contributed by atoms with van der Waals surface area (Å²) in [5, 5.41) is 9.90. The van der Waals surface area contributed by atoms with Crippen LogP contribution in [0, 0.1) is 6.92 Å². The summed E-state index contributed by atoms with van der Waals surface area (Å²) in [6.07, 6.45) is 2.99. The minimum absolute atomic E-state index is 0.230. The highest BCUT2D eigenvalue weighted by molar-refractivity contribution is 6.05. The normalized spacial score (nSPS) is 10.5. The van der Waals surface area contributed by atoms with E-state index < -0.39 is 0 Å². The first-order chi connectivity index (χ1) is 14.1. The van der Waals surface area contributed by atoms with E-state index in [2.05, 4.69) is 15.7 Å². The highest BCUT2D eigenvalue weighted by atomic mass is 16.3. The lowest BCUT2D eigenvalue weighted by atomic mass is 10.2. The molecule has 4 rings (SSSR count). The first-order valence-corrected chi connectivity index (χ1v) is 8.98. The van der Waals surface area contributed by atoms with Gasteiger partial charge in [-0.05, 0) is 55.5 Å². The molecule has 2 heterocycles. The topological polar surface area (TPSA) is 89.2 Å². The van der Waals surface area contributed by atoms with E-state index >= 15 is 0 Å². The summed E-state index contributed by atoms with van der Waals surface area (Å²) in [7, 11) is 0. The fraction of sp³-hybridized carbons (Fsp3) is 0.0455. The molecule has 7 heteroatoms. The van der Waals surface area contributed by atoms with Gasteiger partial charge in [-0.1, -0.05) is 18.2 Å². The molecule has 4 aromatic rings. The Kier molecular flexibility index (Phi) is 4.94. The lowest BCUT2D eigenvalue weighted by Crippen LogP contribution is -2.13. The number of carbonyl (C=O) groups excluding carboxylic acids is 2. The molecule has 144 valence electrons. The maximum atomic E-state index is 12.7. The van der Waals surface area contributed by atoms with E-state index in [1.54, 1.807) is 47.3 Å². The van der Waals surface area contributed by atoms with Gasteiger partial charge in [0.25, 0.3) is 11.8 Å². The fourth-order valence-electron chi connectivity index (χ4n) is 2.90. The number of aromatic nitrogens is 2. The molecule has 0 saturated carbocycles. The van der Waals surface area contributed by atoms with Crippen LogP contribution >= 0.6 is 0 Å². The zero-order chi connectivity index (χ0) is 20.2. The van der Waals surface area contributed by atoms with Crippen molar-refractivity contribution in [2.24, 2.45) is 0 Å². The van der Waals surface area contributed by atoms with Gasteiger partial charge in [-0.3, -0.25) is 9.59 Å². The Balaban J connectivity index is 1.44. The van der Waals surface area contributed by atoms with Crippen molar-refractivity contribution in [2.45, 2.75) is 6.92 Å². The number of furan rings is 1. The SMILES string of the molecule is Cc1c(C(=O)Nc2ccc(NC(=O)c3ccco3)cc2)cnn1-c1ccccc1. The average molecular weight is 386 g/mol. The summed E-state index contributed by atoms with van der Waals surface area (Å²) in [4.78, 5) is 24.6. The molecular weight excluding hydrogens is 368 g/mol. The molecule has 2 aromatic carbocycles. The van der Waals surface area contributed by atoms with Gasteiger partial charge in [0, 0.05) is 11.4 Å². The van der Waals surface area contributed by atoms with E-state index in [4.69, 9.17) is 4.42 Å². The Morgan fingerprint density at radius 1 is 0.862 bits per heavy atom. The summed E-state index contributed by atoms with van der Waals surface area (Å²) in [6, 6.07) is 19.7. The first-order valence-electron chi connectivity index (χ1n) is 8.98. The molecule has 0 aliphatic heterocycles. The van der Waals surface area contributed by atoms with Crippen LogP contribution in [0.15, 0.2) is 83.6 Å². The second-order valence-electron chi connectivity index (χ2n) is 6.35. The van der Waals surface area contributed by atoms with Crippen molar-refractivity contribution in [3.63, 3.8) is 0 Å². The van der Waals surface area contributed by atoms with Crippen molar-refractivity contribution in [3.8, 4) is 5.69 Å². The summed E-state index contributed by atoms with van der Waals surface area (Å²) >= 11 is 0. The third kappa shape index (κ3) is 3.93. The van der Waals surface area contributed by atoms with Crippen LogP contribution in [0.1, 0.15) is 26.6 Å². The Morgan fingerprint density at radius 3 is 2.14 bits per heavy atom. The van der Waals surface area contributed by atoms with Gasteiger partial charge in [-0.2, -0.15) is 5.10 Å². The molecule has 29 heavy (non-hydrogen) atoms. The van der Waals surface area contributed by atoms with Gasteiger partial charge in [0.1, 0.15) is 0 Å². The number of nitrogens with one attached hydrogen (secondary N) is 2. The van der Waals surface area contributed by atoms with Gasteiger partial charge in [0.2, 0.25) is 0 Å². The Bertz CT molecular complexity index is 1130. The lowest BCUT2D eigenvalue weighted by Gasteiger charge is -2.08. The van der Waals surface area contributed by atoms with Crippen molar-refractivity contribution in [1.82, 2.24) is 9.78 Å². The average Bonchev–Trinajstić information content (AvgIpc) is 3.40. The van der Waals surface area contributed by atoms with Crippen LogP contribution in [0.3, 0.4) is 0 Å². The van der Waals surface area contributed by atoms with Crippen molar-refractivity contribution in [2.75, 3.05) is 10.6 Å². The van der Waals surface area contributed by atoms with E-state index in [0.29, 0.717) is 16.9 Å². The van der Waals surface area contributed by atoms with Gasteiger partial charge in [0.15, 0.2) is 5.76 Å². The summed E-state index contributed by atoms with van der Waals surface area (Å²) in [5.74, 6) is -0.360. The number of hydrogen-bond donors (Lipinski definition) is 2. The second-order valence-corrected chi connectivity index (χ2v) is 6.35. The van der Waals surface area contributed by atoms with Crippen molar-refractivity contribution < 1.29 is 14.0 Å². The predicted molar refractivity (Wildman–Crippen MR) is 109 cm³/mol. The molecule has 0 radical (unpaired) electrons. The van der Waals surface area contributed by atoms with E-state index in [-0.39, 0.29) is 17.6 Å². The molecular formula is C22H18N4O3. The predicted octanol–water partition coefficient (Wildman–Crippen LogP) is 4.28. The zero-order valence-corrected chi connectivity index (χ0v) is 15.6. The molecule has 0 aliphatic rings. The third-order valence-corrected chi connectivity index (χ3v) is 4.40. The fourth-order valence-corrected chi connectivity index (χ4v) is 2.90. The Hall–Kier alpha value is -4.13. The van der Waals surface area contributed by atoms with Crippen LogP contribution in [0.4, 0.5) is 11.4 Å². The molecule has 2 N–H and O–H groups in total. The summed E-state index contributed by atoms with van der Waals surface area (Å²) in [5.41, 5.74) is 3.33. The minimum atomic E-state index is -0.337. The Labute approximate surface area is 167 Å². The smallest absolute Gasteiger partial charge is 0.291 e. The van der Waals surface area contributed by atoms with Crippen molar-refractivity contribution in [1.29, 1.82) is 0 Å². The van der Waals surface area contributed by atoms with Gasteiger partial charge in [-0.15, -0.1) is 0 Å². The van der Waals surface area contributed by atoms with Crippen LogP contribution in [0.25, 0.3) is 5.69 Å². The maximum absolute atomic E-state index is 12.7. The second kappa shape index (κ2) is 7.85. The Morgan fingerprint density at radius 2 is 1.52 bits per heavy atom. The lowest BCUT2D eigenvalue weighted by molar-refractivity contribution is 0.0994. The standard InChI is InChI=1S/C22H18N4O3/c1-15-19(14-23-26(15)18-6-3-2-4-7-18)21(27)24-16-9-11-17(12-10-16)25-22(28)20-8-5-13-29-20/h2-14H,1H3,(H,24,27)(H,25,28). The van der Waals surface area contributed by atoms with Crippen molar-refractivity contribution >= 4 is 23.2 Å². The zero-order valence-electron chi connectivity index (χ0n) is 15.6. The van der Waals surface area contributed by atoms with Gasteiger partial charge in [0.05, 0.1) is 29.4 Å². The van der Waals surface area contributed by atoms with Crippen LogP contribution in [-0.4, -0.2) is 21.6 Å². The number of anilines is 2. The largest absolute Gasteiger partial charge is 0.459 e. The number of hydrogen-bond acceptors (Lipinski definition) is 4. The highest BCUT2D eigenvalue weighted by Gasteiger charge is 2.15. The van der Waals surface area contributed by atoms with Gasteiger partial charge >= 0.3 is 0 Å². The molecule has 2 aromatic heterocycles. The molecule has 0 atom stereocenters. The van der Waals surface area contributed by atoms with E-state index in [1.165, 1.54) is 6.26 Å². The number of benzene rings is 2. The monoisotopic (exact) mass is 386 g/mol. The maximum Gasteiger partial charge on any atom is 0.291 e. The molecule has 0 fully saturated rings. The van der Waals surface area contributed by atoms with Crippen LogP contribution in [0.5, 0.6) is 0 Å². The quantitative estimate of drug-likeness (QED) is 0.536. The van der Waals surface area contributed by atoms with Crippen LogP contribution in [0.2, 0.25) is 0 Å². The number of carbonyl (C=O) groups is 2. The van der Waals surface area contributed by atoms with E-state index in [9.17, 15) is 9.59 Å². The third-order valence-electron chi connectivity index (χ3n) is 4.40. The van der Waals surface area contributed by atoms with Crippen LogP contribution < -0.4 is 10.6 Å². The van der Waals surface area contributed by atoms with Gasteiger partial charge < -0.3 is 15.1 Å². The molecule has 0 spiro atoms. The molecule has 2 amide bonds. The van der Waals surface area contributed by atoms with E-state index in [1.807, 2.05) is 37.3 Å². The van der Waals surface area contributed by atoms with Gasteiger partial charge in [-0.25, -0.2) is 4.68 Å². The number of amides is 2. The molecule has 0 unspecified atom stereocenters. The highest BCUT2D eigenvalue weighted by Crippen LogP contribution is 2.18. The molecule has 0 bridgehead atoms. The molecule has 0 aliphatic carbocycles. The summed E-state index contributed by atoms with van der Waals surface area (Å²) < 4.78 is 6.79. The van der Waals surface area contributed by atoms with Crippen molar-refractivity contribution in [3.05, 3.63) is 96.2 Å².